The molecule has 1 aliphatic heterocycles. The van der Waals surface area contributed by atoms with Crippen LogP contribution in [0.25, 0.3) is 0 Å². The van der Waals surface area contributed by atoms with Crippen molar-refractivity contribution < 1.29 is 4.79 Å². The van der Waals surface area contributed by atoms with Crippen molar-refractivity contribution in [2.45, 2.75) is 40.3 Å². The molecule has 4 heteroatoms. The Balaban J connectivity index is 0.000000774. The number of rotatable bonds is 2. The second-order valence-corrected chi connectivity index (χ2v) is 4.92. The number of carbonyl (C=O) groups is 1. The zero-order valence-electron chi connectivity index (χ0n) is 13.0. The number of nitrogens with zero attached hydrogens (tertiary/aromatic N) is 3. The van der Waals surface area contributed by atoms with Crippen LogP contribution in [-0.2, 0) is 24.3 Å². The van der Waals surface area contributed by atoms with Gasteiger partial charge >= 0.3 is 0 Å². The Morgan fingerprint density at radius 3 is 2.57 bits per heavy atom. The molecule has 0 N–H and O–H groups in total. The van der Waals surface area contributed by atoms with Gasteiger partial charge in [-0.25, -0.2) is 4.98 Å². The normalized spacial score (nSPS) is 13.2. The lowest BCUT2D eigenvalue weighted by Crippen LogP contribution is -2.37. The van der Waals surface area contributed by atoms with Crippen molar-refractivity contribution in [3.8, 4) is 0 Å². The van der Waals surface area contributed by atoms with Gasteiger partial charge in [-0.3, -0.25) is 4.79 Å². The lowest BCUT2D eigenvalue weighted by molar-refractivity contribution is -0.130. The summed E-state index contributed by atoms with van der Waals surface area (Å²) in [5.74, 6) is 1.12. The lowest BCUT2D eigenvalue weighted by atomic mass is 10.1. The average Bonchev–Trinajstić information content (AvgIpc) is 2.92. The fraction of sp³-hybridized carbons (Fsp3) is 0.412. The quantitative estimate of drug-likeness (QED) is 0.851. The van der Waals surface area contributed by atoms with E-state index in [1.54, 1.807) is 6.92 Å². The molecule has 112 valence electrons. The average molecular weight is 285 g/mol. The molecule has 2 aromatic rings. The Morgan fingerprint density at radius 1 is 1.19 bits per heavy atom. The maximum absolute atomic E-state index is 11.4. The third-order valence-electron chi connectivity index (χ3n) is 3.62. The molecule has 0 aliphatic carbocycles. The van der Waals surface area contributed by atoms with Gasteiger partial charge in [-0.1, -0.05) is 44.2 Å². The summed E-state index contributed by atoms with van der Waals surface area (Å²) in [5, 5.41) is 0. The summed E-state index contributed by atoms with van der Waals surface area (Å²) in [6.07, 6.45) is 2.83. The first-order valence-corrected chi connectivity index (χ1v) is 7.57. The highest BCUT2D eigenvalue weighted by Gasteiger charge is 2.21. The van der Waals surface area contributed by atoms with Crippen LogP contribution in [0.1, 0.15) is 37.9 Å². The Kier molecular flexibility index (Phi) is 5.14. The number of imidazole rings is 1. The van der Waals surface area contributed by atoms with E-state index in [2.05, 4.69) is 33.8 Å². The van der Waals surface area contributed by atoms with E-state index in [4.69, 9.17) is 0 Å². The van der Waals surface area contributed by atoms with Gasteiger partial charge in [-0.05, 0) is 5.56 Å². The number of amides is 1. The second-order valence-electron chi connectivity index (χ2n) is 4.92. The summed E-state index contributed by atoms with van der Waals surface area (Å²) in [5.41, 5.74) is 2.52. The van der Waals surface area contributed by atoms with Gasteiger partial charge in [0.25, 0.3) is 0 Å². The van der Waals surface area contributed by atoms with Gasteiger partial charge in [0.2, 0.25) is 5.91 Å². The van der Waals surface area contributed by atoms with Gasteiger partial charge in [0.1, 0.15) is 5.82 Å². The zero-order valence-corrected chi connectivity index (χ0v) is 13.0. The molecule has 0 saturated heterocycles. The number of hydrogen-bond acceptors (Lipinski definition) is 2. The molecule has 1 amide bonds. The molecule has 1 aromatic carbocycles. The molecule has 1 aromatic heterocycles. The third kappa shape index (κ3) is 3.51. The summed E-state index contributed by atoms with van der Waals surface area (Å²) in [6.45, 7) is 7.87. The lowest BCUT2D eigenvalue weighted by Gasteiger charge is -2.27. The first kappa shape index (κ1) is 15.3. The molecule has 0 unspecified atom stereocenters. The molecular formula is C17H23N3O. The van der Waals surface area contributed by atoms with Crippen molar-refractivity contribution >= 4 is 5.91 Å². The fourth-order valence-electron chi connectivity index (χ4n) is 2.54. The van der Waals surface area contributed by atoms with Crippen LogP contribution in [0.15, 0.2) is 36.5 Å². The second kappa shape index (κ2) is 7.07. The highest BCUT2D eigenvalue weighted by Crippen LogP contribution is 2.17. The van der Waals surface area contributed by atoms with Gasteiger partial charge < -0.3 is 9.47 Å². The van der Waals surface area contributed by atoms with E-state index < -0.39 is 0 Å². The topological polar surface area (TPSA) is 38.1 Å². The molecule has 1 aliphatic rings. The maximum Gasteiger partial charge on any atom is 0.219 e. The van der Waals surface area contributed by atoms with E-state index in [-0.39, 0.29) is 5.91 Å². The van der Waals surface area contributed by atoms with Crippen molar-refractivity contribution in [1.82, 2.24) is 14.5 Å². The van der Waals surface area contributed by atoms with Crippen molar-refractivity contribution in [2.24, 2.45) is 0 Å². The van der Waals surface area contributed by atoms with Gasteiger partial charge in [-0.15, -0.1) is 0 Å². The third-order valence-corrected chi connectivity index (χ3v) is 3.62. The number of carbonyl (C=O) groups excluding carboxylic acids is 1. The Hall–Kier alpha value is -2.10. The van der Waals surface area contributed by atoms with Crippen LogP contribution in [-0.4, -0.2) is 26.9 Å². The van der Waals surface area contributed by atoms with Gasteiger partial charge in [0.15, 0.2) is 0 Å². The molecule has 0 fully saturated rings. The van der Waals surface area contributed by atoms with Gasteiger partial charge in [-0.2, -0.15) is 0 Å². The minimum atomic E-state index is 0.124. The monoisotopic (exact) mass is 285 g/mol. The Bertz CT molecular complexity index is 589. The zero-order chi connectivity index (χ0) is 15.2. The Morgan fingerprint density at radius 2 is 1.90 bits per heavy atom. The van der Waals surface area contributed by atoms with Crippen molar-refractivity contribution in [3.63, 3.8) is 0 Å². The number of aromatic nitrogens is 2. The van der Waals surface area contributed by atoms with Crippen molar-refractivity contribution in [2.75, 3.05) is 6.54 Å². The molecule has 3 rings (SSSR count). The molecule has 21 heavy (non-hydrogen) atoms. The van der Waals surface area contributed by atoms with E-state index in [0.717, 1.165) is 25.3 Å². The fourth-order valence-corrected chi connectivity index (χ4v) is 2.54. The van der Waals surface area contributed by atoms with E-state index in [1.807, 2.05) is 31.0 Å². The summed E-state index contributed by atoms with van der Waals surface area (Å²) in [7, 11) is 0. The van der Waals surface area contributed by atoms with Crippen LogP contribution in [0.4, 0.5) is 0 Å². The van der Waals surface area contributed by atoms with Crippen LogP contribution >= 0.6 is 0 Å². The number of hydrogen-bond donors (Lipinski definition) is 0. The summed E-state index contributed by atoms with van der Waals surface area (Å²) >= 11 is 0. The SMILES string of the molecule is CC.CC(=O)N1CCn2c(Cc3ccccc3)cnc2C1. The van der Waals surface area contributed by atoms with Crippen molar-refractivity contribution in [3.05, 3.63) is 53.6 Å². The molecule has 0 bridgehead atoms. The minimum absolute atomic E-state index is 0.124. The van der Waals surface area contributed by atoms with Crippen LogP contribution in [0, 0.1) is 0 Å². The van der Waals surface area contributed by atoms with Crippen LogP contribution in [0.5, 0.6) is 0 Å². The smallest absolute Gasteiger partial charge is 0.219 e. The van der Waals surface area contributed by atoms with E-state index in [1.165, 1.54) is 11.3 Å². The highest BCUT2D eigenvalue weighted by atomic mass is 16.2. The predicted molar refractivity (Wildman–Crippen MR) is 83.9 cm³/mol. The molecule has 0 saturated carbocycles. The highest BCUT2D eigenvalue weighted by molar-refractivity contribution is 5.73. The first-order chi connectivity index (χ1) is 10.2. The van der Waals surface area contributed by atoms with Crippen LogP contribution in [0.2, 0.25) is 0 Å². The molecular weight excluding hydrogens is 262 g/mol. The molecule has 2 heterocycles. The van der Waals surface area contributed by atoms with E-state index in [9.17, 15) is 4.79 Å². The van der Waals surface area contributed by atoms with Gasteiger partial charge in [0.05, 0.1) is 6.54 Å². The summed E-state index contributed by atoms with van der Waals surface area (Å²) < 4.78 is 2.24. The first-order valence-electron chi connectivity index (χ1n) is 7.57. The molecule has 0 radical (unpaired) electrons. The predicted octanol–water partition coefficient (Wildman–Crippen LogP) is 2.86. The Labute approximate surface area is 126 Å². The largest absolute Gasteiger partial charge is 0.334 e. The van der Waals surface area contributed by atoms with E-state index >= 15 is 0 Å². The van der Waals surface area contributed by atoms with Gasteiger partial charge in [0, 0.05) is 38.3 Å². The standard InChI is InChI=1S/C15H17N3O.C2H6/c1-12(19)17-7-8-18-14(10-16-15(18)11-17)9-13-5-3-2-4-6-13;1-2/h2-6,10H,7-9,11H2,1H3;1-2H3. The van der Waals surface area contributed by atoms with E-state index in [0.29, 0.717) is 6.54 Å². The molecule has 0 atom stereocenters. The van der Waals surface area contributed by atoms with Crippen molar-refractivity contribution in [1.29, 1.82) is 0 Å². The van der Waals surface area contributed by atoms with Crippen LogP contribution in [0.3, 0.4) is 0 Å². The number of benzene rings is 1. The summed E-state index contributed by atoms with van der Waals surface area (Å²) in [4.78, 5) is 17.7. The molecule has 0 spiro atoms. The maximum atomic E-state index is 11.4. The molecule has 4 nitrogen and oxygen atoms in total. The summed E-state index contributed by atoms with van der Waals surface area (Å²) in [6, 6.07) is 10.4. The minimum Gasteiger partial charge on any atom is -0.334 e. The number of fused-ring (bicyclic) bond motifs is 1. The van der Waals surface area contributed by atoms with Crippen LogP contribution < -0.4 is 0 Å².